The van der Waals surface area contributed by atoms with Crippen molar-refractivity contribution in [3.8, 4) is 5.75 Å². The predicted octanol–water partition coefficient (Wildman–Crippen LogP) is 3.71. The average molecular weight is 312 g/mol. The van der Waals surface area contributed by atoms with Gasteiger partial charge in [-0.3, -0.25) is 4.79 Å². The van der Waals surface area contributed by atoms with Crippen LogP contribution in [0, 0.1) is 6.92 Å². The van der Waals surface area contributed by atoms with Gasteiger partial charge >= 0.3 is 0 Å². The fraction of sp³-hybridized carbons (Fsp3) is 0.176. The minimum Gasteiger partial charge on any atom is -0.496 e. The lowest BCUT2D eigenvalue weighted by molar-refractivity contribution is 0.112. The first-order valence-corrected chi connectivity index (χ1v) is 7.41. The number of fused-ring (bicyclic) bond motifs is 1. The lowest BCUT2D eigenvalue weighted by Crippen LogP contribution is -2.00. The minimum atomic E-state index is -0.303. The van der Waals surface area contributed by atoms with E-state index in [1.54, 1.807) is 25.3 Å². The fourth-order valence-electron chi connectivity index (χ4n) is 2.46. The Morgan fingerprint density at radius 1 is 1.27 bits per heavy atom. The van der Waals surface area contributed by atoms with E-state index in [9.17, 15) is 4.79 Å². The zero-order valence-corrected chi connectivity index (χ0v) is 13.2. The van der Waals surface area contributed by atoms with Gasteiger partial charge in [-0.1, -0.05) is 6.07 Å². The van der Waals surface area contributed by atoms with E-state index < -0.39 is 0 Å². The summed E-state index contributed by atoms with van der Waals surface area (Å²) in [5.41, 5.74) is 4.43. The summed E-state index contributed by atoms with van der Waals surface area (Å²) >= 11 is 4.67. The summed E-state index contributed by atoms with van der Waals surface area (Å²) < 4.78 is 5.37. The van der Waals surface area contributed by atoms with Gasteiger partial charge in [-0.2, -0.15) is 12.6 Å². The van der Waals surface area contributed by atoms with Gasteiger partial charge in [-0.05, 0) is 42.8 Å². The Balaban J connectivity index is 2.08. The Kier molecular flexibility index (Phi) is 3.90. The molecule has 1 N–H and O–H groups in total. The number of rotatable bonds is 4. The van der Waals surface area contributed by atoms with Crippen LogP contribution in [0.4, 0.5) is 0 Å². The molecule has 0 aliphatic heterocycles. The number of aryl methyl sites for hydroxylation is 1. The summed E-state index contributed by atoms with van der Waals surface area (Å²) in [5.74, 6) is 1.41. The monoisotopic (exact) mass is 312 g/mol. The number of imidazole rings is 1. The Bertz CT molecular complexity index is 842. The van der Waals surface area contributed by atoms with Crippen LogP contribution in [-0.4, -0.2) is 23.4 Å². The van der Waals surface area contributed by atoms with E-state index in [0.29, 0.717) is 11.3 Å². The standard InChI is InChI=1S/C17H16N2O2S/c1-10-3-5-13-14(7-10)19-17(18-13)16(22)12-8-11(9-20)4-6-15(12)21-2/h3-9,16,22H,1-2H3,(H,18,19). The third kappa shape index (κ3) is 2.60. The van der Waals surface area contributed by atoms with Gasteiger partial charge < -0.3 is 9.72 Å². The molecule has 0 saturated heterocycles. The summed E-state index contributed by atoms with van der Waals surface area (Å²) in [4.78, 5) is 18.9. The van der Waals surface area contributed by atoms with Gasteiger partial charge in [0.2, 0.25) is 0 Å². The molecule has 1 unspecified atom stereocenters. The molecule has 1 aromatic heterocycles. The van der Waals surface area contributed by atoms with Gasteiger partial charge in [0.1, 0.15) is 17.9 Å². The Morgan fingerprint density at radius 3 is 2.82 bits per heavy atom. The van der Waals surface area contributed by atoms with Gasteiger partial charge in [-0.25, -0.2) is 4.98 Å². The van der Waals surface area contributed by atoms with Crippen LogP contribution in [0.15, 0.2) is 36.4 Å². The quantitative estimate of drug-likeness (QED) is 0.570. The molecular weight excluding hydrogens is 296 g/mol. The topological polar surface area (TPSA) is 55.0 Å². The van der Waals surface area contributed by atoms with Crippen LogP contribution in [0.25, 0.3) is 11.0 Å². The fourth-order valence-corrected chi connectivity index (χ4v) is 2.78. The molecule has 0 spiro atoms. The van der Waals surface area contributed by atoms with Crippen LogP contribution < -0.4 is 4.74 Å². The van der Waals surface area contributed by atoms with E-state index in [-0.39, 0.29) is 5.25 Å². The first kappa shape index (κ1) is 14.7. The van der Waals surface area contributed by atoms with Crippen LogP contribution in [0.1, 0.15) is 32.6 Å². The molecule has 1 atom stereocenters. The maximum Gasteiger partial charge on any atom is 0.150 e. The van der Waals surface area contributed by atoms with E-state index in [4.69, 9.17) is 4.74 Å². The minimum absolute atomic E-state index is 0.303. The van der Waals surface area contributed by atoms with E-state index in [2.05, 4.69) is 22.6 Å². The van der Waals surface area contributed by atoms with Crippen molar-refractivity contribution in [1.82, 2.24) is 9.97 Å². The van der Waals surface area contributed by atoms with E-state index >= 15 is 0 Å². The summed E-state index contributed by atoms with van der Waals surface area (Å²) in [6.07, 6.45) is 0.811. The molecule has 112 valence electrons. The first-order chi connectivity index (χ1) is 10.6. The van der Waals surface area contributed by atoms with Crippen LogP contribution in [0.5, 0.6) is 5.75 Å². The molecule has 3 rings (SSSR count). The van der Waals surface area contributed by atoms with Crippen LogP contribution >= 0.6 is 12.6 Å². The van der Waals surface area contributed by atoms with Crippen molar-refractivity contribution in [3.05, 3.63) is 58.9 Å². The number of hydrogen-bond donors (Lipinski definition) is 2. The molecule has 0 bridgehead atoms. The van der Waals surface area contributed by atoms with Crippen molar-refractivity contribution in [2.24, 2.45) is 0 Å². The molecule has 22 heavy (non-hydrogen) atoms. The van der Waals surface area contributed by atoms with Crippen LogP contribution in [0.2, 0.25) is 0 Å². The number of thiol groups is 1. The number of carbonyl (C=O) groups is 1. The predicted molar refractivity (Wildman–Crippen MR) is 90.0 cm³/mol. The number of carbonyl (C=O) groups excluding carboxylic acids is 1. The number of aromatic nitrogens is 2. The van der Waals surface area contributed by atoms with Crippen molar-refractivity contribution in [2.75, 3.05) is 7.11 Å². The van der Waals surface area contributed by atoms with E-state index in [0.717, 1.165) is 28.7 Å². The van der Waals surface area contributed by atoms with Gasteiger partial charge in [0.15, 0.2) is 0 Å². The first-order valence-electron chi connectivity index (χ1n) is 6.90. The molecule has 0 fully saturated rings. The molecular formula is C17H16N2O2S. The second kappa shape index (κ2) is 5.85. The van der Waals surface area contributed by atoms with Crippen LogP contribution in [0.3, 0.4) is 0 Å². The Labute approximate surface area is 133 Å². The lowest BCUT2D eigenvalue weighted by atomic mass is 10.1. The highest BCUT2D eigenvalue weighted by Crippen LogP contribution is 2.34. The summed E-state index contributed by atoms with van der Waals surface area (Å²) in [6.45, 7) is 2.04. The zero-order valence-electron chi connectivity index (χ0n) is 12.3. The number of hydrogen-bond acceptors (Lipinski definition) is 4. The summed E-state index contributed by atoms with van der Waals surface area (Å²) in [5, 5.41) is -0.303. The number of ether oxygens (including phenoxy) is 1. The number of H-pyrrole nitrogens is 1. The number of aldehydes is 1. The molecule has 3 aromatic rings. The third-order valence-electron chi connectivity index (χ3n) is 3.60. The average Bonchev–Trinajstić information content (AvgIpc) is 2.96. The number of benzene rings is 2. The maximum atomic E-state index is 11.0. The normalized spacial score (nSPS) is 12.3. The molecule has 1 heterocycles. The summed E-state index contributed by atoms with van der Waals surface area (Å²) in [6, 6.07) is 11.3. The molecule has 4 nitrogen and oxygen atoms in total. The highest BCUT2D eigenvalue weighted by atomic mass is 32.1. The van der Waals surface area contributed by atoms with E-state index in [1.807, 2.05) is 25.1 Å². The van der Waals surface area contributed by atoms with Crippen molar-refractivity contribution in [1.29, 1.82) is 0 Å². The molecule has 5 heteroatoms. The highest BCUT2D eigenvalue weighted by Gasteiger charge is 2.18. The Morgan fingerprint density at radius 2 is 2.09 bits per heavy atom. The molecule has 0 amide bonds. The molecule has 2 aromatic carbocycles. The number of aromatic amines is 1. The zero-order chi connectivity index (χ0) is 15.7. The maximum absolute atomic E-state index is 11.0. The molecule has 0 radical (unpaired) electrons. The van der Waals surface area contributed by atoms with Gasteiger partial charge in [0, 0.05) is 11.1 Å². The highest BCUT2D eigenvalue weighted by molar-refractivity contribution is 7.80. The second-order valence-corrected chi connectivity index (χ2v) is 5.68. The van der Waals surface area contributed by atoms with E-state index in [1.165, 1.54) is 5.56 Å². The van der Waals surface area contributed by atoms with Gasteiger partial charge in [-0.15, -0.1) is 0 Å². The SMILES string of the molecule is COc1ccc(C=O)cc1C(S)c1nc2ccc(C)cc2[nH]1. The number of methoxy groups -OCH3 is 1. The van der Waals surface area contributed by atoms with Crippen molar-refractivity contribution in [2.45, 2.75) is 12.2 Å². The van der Waals surface area contributed by atoms with Gasteiger partial charge in [0.25, 0.3) is 0 Å². The molecule has 0 aliphatic rings. The number of nitrogens with one attached hydrogen (secondary N) is 1. The van der Waals surface area contributed by atoms with Crippen molar-refractivity contribution in [3.63, 3.8) is 0 Å². The smallest absolute Gasteiger partial charge is 0.150 e. The van der Waals surface area contributed by atoms with Gasteiger partial charge in [0.05, 0.1) is 23.4 Å². The molecule has 0 saturated carbocycles. The molecule has 0 aliphatic carbocycles. The third-order valence-corrected chi connectivity index (χ3v) is 4.12. The van der Waals surface area contributed by atoms with Crippen molar-refractivity contribution < 1.29 is 9.53 Å². The largest absolute Gasteiger partial charge is 0.496 e. The van der Waals surface area contributed by atoms with Crippen LogP contribution in [-0.2, 0) is 0 Å². The number of nitrogens with zero attached hydrogens (tertiary/aromatic N) is 1. The summed E-state index contributed by atoms with van der Waals surface area (Å²) in [7, 11) is 1.60. The Hall–Kier alpha value is -2.27. The lowest BCUT2D eigenvalue weighted by Gasteiger charge is -2.13. The second-order valence-electron chi connectivity index (χ2n) is 5.16. The van der Waals surface area contributed by atoms with Crippen molar-refractivity contribution >= 4 is 29.9 Å².